The molecular formula is C37H38ClFN4O5. The second-order valence-electron chi connectivity index (χ2n) is 11.4. The molecule has 2 amide bonds. The van der Waals surface area contributed by atoms with E-state index in [2.05, 4.69) is 21.3 Å². The SMILES string of the molecule is CC.COC1CCN(c2cccc3c2CCN(C(=O)c2cncc(-c4cccc(Cl)c4F)c2)C3C(=O)Nc2ccc(C(=O)O)cc2)CC1. The molecule has 0 spiro atoms. The molecule has 3 heterocycles. The number of fused-ring (bicyclic) bond motifs is 1. The fourth-order valence-electron chi connectivity index (χ4n) is 6.28. The van der Waals surface area contributed by atoms with E-state index in [0.29, 0.717) is 23.2 Å². The molecule has 1 unspecified atom stereocenters. The summed E-state index contributed by atoms with van der Waals surface area (Å²) in [5, 5.41) is 12.1. The lowest BCUT2D eigenvalue weighted by Gasteiger charge is -2.40. The van der Waals surface area contributed by atoms with Crippen molar-refractivity contribution in [3.8, 4) is 11.1 Å². The molecule has 1 aromatic heterocycles. The Morgan fingerprint density at radius 2 is 1.67 bits per heavy atom. The van der Waals surface area contributed by atoms with Gasteiger partial charge >= 0.3 is 5.97 Å². The molecule has 1 atom stereocenters. The number of methoxy groups -OCH3 is 1. The predicted octanol–water partition coefficient (Wildman–Crippen LogP) is 7.26. The van der Waals surface area contributed by atoms with Gasteiger partial charge in [0.05, 0.1) is 22.3 Å². The lowest BCUT2D eigenvalue weighted by molar-refractivity contribution is -0.121. The Bertz CT molecular complexity index is 1790. The zero-order valence-corrected chi connectivity index (χ0v) is 27.8. The monoisotopic (exact) mass is 672 g/mol. The minimum atomic E-state index is -1.08. The molecule has 0 bridgehead atoms. The Morgan fingerprint density at radius 1 is 0.958 bits per heavy atom. The van der Waals surface area contributed by atoms with Gasteiger partial charge in [0.15, 0.2) is 0 Å². The van der Waals surface area contributed by atoms with E-state index in [4.69, 9.17) is 16.3 Å². The number of aromatic carboxylic acids is 1. The summed E-state index contributed by atoms with van der Waals surface area (Å²) in [6, 6.07) is 16.8. The van der Waals surface area contributed by atoms with Gasteiger partial charge in [0, 0.05) is 61.6 Å². The van der Waals surface area contributed by atoms with Crippen LogP contribution in [-0.2, 0) is 16.0 Å². The van der Waals surface area contributed by atoms with E-state index in [9.17, 15) is 23.9 Å². The van der Waals surface area contributed by atoms with Crippen molar-refractivity contribution in [3.63, 3.8) is 0 Å². The Morgan fingerprint density at radius 3 is 2.35 bits per heavy atom. The fraction of sp³-hybridized carbons (Fsp3) is 0.297. The number of hydrogen-bond donors (Lipinski definition) is 2. The number of pyridine rings is 1. The number of carboxylic acids is 1. The maximum absolute atomic E-state index is 14.9. The summed E-state index contributed by atoms with van der Waals surface area (Å²) in [6.45, 7) is 5.87. The van der Waals surface area contributed by atoms with E-state index in [1.54, 1.807) is 25.3 Å². The van der Waals surface area contributed by atoms with Crippen LogP contribution in [0.5, 0.6) is 0 Å². The van der Waals surface area contributed by atoms with Gasteiger partial charge in [0.1, 0.15) is 11.9 Å². The normalized spacial score (nSPS) is 16.0. The van der Waals surface area contributed by atoms with Crippen LogP contribution in [0.2, 0.25) is 5.02 Å². The third-order valence-electron chi connectivity index (χ3n) is 8.67. The maximum Gasteiger partial charge on any atom is 0.335 e. The first-order valence-electron chi connectivity index (χ1n) is 16.0. The predicted molar refractivity (Wildman–Crippen MR) is 184 cm³/mol. The molecule has 11 heteroatoms. The molecule has 1 fully saturated rings. The number of nitrogens with one attached hydrogen (secondary N) is 1. The number of piperidine rings is 1. The smallest absolute Gasteiger partial charge is 0.335 e. The Kier molecular flexibility index (Phi) is 11.1. The van der Waals surface area contributed by atoms with E-state index in [0.717, 1.165) is 37.2 Å². The molecule has 0 aliphatic carbocycles. The molecule has 48 heavy (non-hydrogen) atoms. The van der Waals surface area contributed by atoms with Crippen molar-refractivity contribution in [2.45, 2.75) is 45.3 Å². The maximum atomic E-state index is 14.9. The highest BCUT2D eigenvalue weighted by Gasteiger charge is 2.38. The van der Waals surface area contributed by atoms with Crippen LogP contribution < -0.4 is 10.2 Å². The van der Waals surface area contributed by atoms with E-state index in [-0.39, 0.29) is 34.4 Å². The van der Waals surface area contributed by atoms with Gasteiger partial charge in [-0.25, -0.2) is 9.18 Å². The van der Waals surface area contributed by atoms with Crippen LogP contribution in [0.4, 0.5) is 15.8 Å². The number of carboxylic acid groups (broad SMARTS) is 1. The number of nitrogens with zero attached hydrogens (tertiary/aromatic N) is 3. The van der Waals surface area contributed by atoms with Gasteiger partial charge in [-0.1, -0.05) is 49.7 Å². The molecule has 3 aromatic carbocycles. The van der Waals surface area contributed by atoms with Gasteiger partial charge in [-0.05, 0) is 72.9 Å². The van der Waals surface area contributed by atoms with Crippen LogP contribution in [0.25, 0.3) is 11.1 Å². The van der Waals surface area contributed by atoms with Crippen LogP contribution in [0.1, 0.15) is 64.6 Å². The lowest BCUT2D eigenvalue weighted by Crippen LogP contribution is -2.46. The van der Waals surface area contributed by atoms with Crippen molar-refractivity contribution in [3.05, 3.63) is 112 Å². The van der Waals surface area contributed by atoms with Crippen molar-refractivity contribution >= 4 is 40.8 Å². The summed E-state index contributed by atoms with van der Waals surface area (Å²) in [5.74, 6) is -2.57. The van der Waals surface area contributed by atoms with Crippen molar-refractivity contribution < 1.29 is 28.6 Å². The summed E-state index contributed by atoms with van der Waals surface area (Å²) in [6.07, 6.45) is 5.37. The molecule has 6 rings (SSSR count). The van der Waals surface area contributed by atoms with Crippen LogP contribution >= 0.6 is 11.6 Å². The number of amides is 2. The molecule has 2 aliphatic rings. The molecule has 0 saturated carbocycles. The lowest BCUT2D eigenvalue weighted by atomic mass is 9.89. The summed E-state index contributed by atoms with van der Waals surface area (Å²) >= 11 is 6.01. The van der Waals surface area contributed by atoms with Crippen molar-refractivity contribution in [2.75, 3.05) is 37.0 Å². The average Bonchev–Trinajstić information content (AvgIpc) is 3.12. The molecule has 2 aliphatic heterocycles. The third kappa shape index (κ3) is 7.19. The van der Waals surface area contributed by atoms with E-state index in [1.807, 2.05) is 26.0 Å². The van der Waals surface area contributed by atoms with Gasteiger partial charge in [-0.2, -0.15) is 0 Å². The average molecular weight is 673 g/mol. The first-order chi connectivity index (χ1) is 23.2. The van der Waals surface area contributed by atoms with Crippen molar-refractivity contribution in [2.24, 2.45) is 0 Å². The topological polar surface area (TPSA) is 112 Å². The van der Waals surface area contributed by atoms with Crippen molar-refractivity contribution in [1.82, 2.24) is 9.88 Å². The van der Waals surface area contributed by atoms with Gasteiger partial charge in [0.2, 0.25) is 0 Å². The summed E-state index contributed by atoms with van der Waals surface area (Å²) in [7, 11) is 1.73. The minimum absolute atomic E-state index is 0.0442. The highest BCUT2D eigenvalue weighted by molar-refractivity contribution is 6.31. The number of anilines is 2. The molecular weight excluding hydrogens is 635 g/mol. The first kappa shape index (κ1) is 34.5. The second kappa shape index (κ2) is 15.4. The van der Waals surface area contributed by atoms with E-state index >= 15 is 0 Å². The second-order valence-corrected chi connectivity index (χ2v) is 11.8. The number of ether oxygens (including phenoxy) is 1. The van der Waals surface area contributed by atoms with Gasteiger partial charge in [-0.15, -0.1) is 0 Å². The van der Waals surface area contributed by atoms with Gasteiger partial charge in [0.25, 0.3) is 11.8 Å². The van der Waals surface area contributed by atoms with E-state index < -0.39 is 29.6 Å². The summed E-state index contributed by atoms with van der Waals surface area (Å²) in [4.78, 5) is 47.7. The van der Waals surface area contributed by atoms with Crippen LogP contribution in [0.3, 0.4) is 0 Å². The van der Waals surface area contributed by atoms with E-state index in [1.165, 1.54) is 47.6 Å². The molecule has 1 saturated heterocycles. The fourth-order valence-corrected chi connectivity index (χ4v) is 6.46. The standard InChI is InChI=1S/C35H32ClFN4O5.C2H6/c1-46-25-12-15-40(16-13-25)30-7-3-5-28-27(30)14-17-41(32(28)33(42)39-24-10-8-21(9-11-24)35(44)45)34(43)23-18-22(19-38-20-23)26-4-2-6-29(36)31(26)37;1-2/h2-11,18-20,25,32H,12-17H2,1H3,(H,39,42)(H,44,45);1-2H3. The molecule has 0 radical (unpaired) electrons. The Hall–Kier alpha value is -4.80. The largest absolute Gasteiger partial charge is 0.478 e. The number of benzene rings is 3. The number of halogens is 2. The first-order valence-corrected chi connectivity index (χ1v) is 16.4. The molecule has 250 valence electrons. The number of aromatic nitrogens is 1. The van der Waals surface area contributed by atoms with Crippen LogP contribution in [0.15, 0.2) is 79.1 Å². The molecule has 4 aromatic rings. The number of hydrogen-bond acceptors (Lipinski definition) is 6. The quantitative estimate of drug-likeness (QED) is 0.213. The third-order valence-corrected chi connectivity index (χ3v) is 8.96. The zero-order chi connectivity index (χ0) is 34.4. The van der Waals surface area contributed by atoms with Gasteiger partial charge < -0.3 is 25.0 Å². The Balaban J connectivity index is 0.00000221. The highest BCUT2D eigenvalue weighted by Crippen LogP contribution is 2.38. The molecule has 2 N–H and O–H groups in total. The van der Waals surface area contributed by atoms with Crippen LogP contribution in [0, 0.1) is 5.82 Å². The van der Waals surface area contributed by atoms with Crippen molar-refractivity contribution in [1.29, 1.82) is 0 Å². The summed E-state index contributed by atoms with van der Waals surface area (Å²) in [5.41, 5.74) is 4.00. The Labute approximate surface area is 284 Å². The van der Waals surface area contributed by atoms with Gasteiger partial charge in [-0.3, -0.25) is 14.6 Å². The van der Waals surface area contributed by atoms with Crippen LogP contribution in [-0.4, -0.2) is 65.6 Å². The molecule has 9 nitrogen and oxygen atoms in total. The minimum Gasteiger partial charge on any atom is -0.478 e. The number of carbonyl (C=O) groups excluding carboxylic acids is 2. The zero-order valence-electron chi connectivity index (χ0n) is 27.1. The number of rotatable bonds is 7. The number of carbonyl (C=O) groups is 3. The highest BCUT2D eigenvalue weighted by atomic mass is 35.5. The summed E-state index contributed by atoms with van der Waals surface area (Å²) < 4.78 is 20.4.